The van der Waals surface area contributed by atoms with Crippen LogP contribution in [0.25, 0.3) is 0 Å². The Kier molecular flexibility index (Phi) is 5.84. The van der Waals surface area contributed by atoms with Crippen LogP contribution in [0.5, 0.6) is 0 Å². The second-order valence-electron chi connectivity index (χ2n) is 5.61. The molecule has 7 nitrogen and oxygen atoms in total. The van der Waals surface area contributed by atoms with E-state index in [9.17, 15) is 19.7 Å². The SMILES string of the molecule is Cc1cc(C)cc(C(=O)NCC(=O)OCc2ccccc2[N+](=O)[O-])c1. The fourth-order valence-electron chi connectivity index (χ4n) is 2.38. The minimum absolute atomic E-state index is 0.116. The first-order valence-electron chi connectivity index (χ1n) is 7.61. The summed E-state index contributed by atoms with van der Waals surface area (Å²) >= 11 is 0. The maximum Gasteiger partial charge on any atom is 0.325 e. The van der Waals surface area contributed by atoms with E-state index in [1.165, 1.54) is 18.2 Å². The number of hydrogen-bond acceptors (Lipinski definition) is 5. The van der Waals surface area contributed by atoms with Crippen LogP contribution in [0, 0.1) is 24.0 Å². The standard InChI is InChI=1S/C18H18N2O5/c1-12-7-13(2)9-15(8-12)18(22)19-10-17(21)25-11-14-5-3-4-6-16(14)20(23)24/h3-9H,10-11H2,1-2H3,(H,19,22). The number of amides is 1. The summed E-state index contributed by atoms with van der Waals surface area (Å²) in [6, 6.07) is 11.4. The molecule has 0 unspecified atom stereocenters. The lowest BCUT2D eigenvalue weighted by Gasteiger charge is -2.08. The fraction of sp³-hybridized carbons (Fsp3) is 0.222. The lowest BCUT2D eigenvalue weighted by atomic mass is 10.1. The fourth-order valence-corrected chi connectivity index (χ4v) is 2.38. The van der Waals surface area contributed by atoms with E-state index in [1.807, 2.05) is 19.9 Å². The van der Waals surface area contributed by atoms with Gasteiger partial charge in [-0.15, -0.1) is 0 Å². The van der Waals surface area contributed by atoms with Crippen molar-refractivity contribution >= 4 is 17.6 Å². The molecule has 0 aliphatic rings. The van der Waals surface area contributed by atoms with E-state index in [0.717, 1.165) is 11.1 Å². The van der Waals surface area contributed by atoms with E-state index >= 15 is 0 Å². The average Bonchev–Trinajstić information content (AvgIpc) is 2.57. The smallest absolute Gasteiger partial charge is 0.325 e. The number of esters is 1. The van der Waals surface area contributed by atoms with Crippen molar-refractivity contribution in [2.45, 2.75) is 20.5 Å². The zero-order chi connectivity index (χ0) is 18.4. The van der Waals surface area contributed by atoms with Crippen LogP contribution in [-0.2, 0) is 16.1 Å². The number of nitro groups is 1. The highest BCUT2D eigenvalue weighted by Gasteiger charge is 2.15. The van der Waals surface area contributed by atoms with Gasteiger partial charge >= 0.3 is 5.97 Å². The van der Waals surface area contributed by atoms with Crippen LogP contribution in [0.1, 0.15) is 27.0 Å². The first-order valence-corrected chi connectivity index (χ1v) is 7.61. The molecule has 0 aliphatic carbocycles. The molecule has 0 aliphatic heterocycles. The molecule has 2 aromatic carbocycles. The lowest BCUT2D eigenvalue weighted by Crippen LogP contribution is -2.30. The van der Waals surface area contributed by atoms with Gasteiger partial charge in [-0.2, -0.15) is 0 Å². The quantitative estimate of drug-likeness (QED) is 0.494. The molecule has 130 valence electrons. The van der Waals surface area contributed by atoms with Gasteiger partial charge in [0.2, 0.25) is 0 Å². The van der Waals surface area contributed by atoms with E-state index in [-0.39, 0.29) is 24.7 Å². The number of benzene rings is 2. The molecule has 0 saturated heterocycles. The van der Waals surface area contributed by atoms with Crippen molar-refractivity contribution < 1.29 is 19.2 Å². The van der Waals surface area contributed by atoms with Crippen molar-refractivity contribution in [3.05, 3.63) is 74.8 Å². The third kappa shape index (κ3) is 5.13. The van der Waals surface area contributed by atoms with E-state index in [4.69, 9.17) is 4.74 Å². The van der Waals surface area contributed by atoms with Gasteiger partial charge in [0.15, 0.2) is 0 Å². The Hall–Kier alpha value is -3.22. The first kappa shape index (κ1) is 18.1. The second-order valence-corrected chi connectivity index (χ2v) is 5.61. The van der Waals surface area contributed by atoms with Gasteiger partial charge in [0.1, 0.15) is 13.2 Å². The van der Waals surface area contributed by atoms with Gasteiger partial charge in [-0.25, -0.2) is 0 Å². The molecule has 0 aromatic heterocycles. The first-order chi connectivity index (χ1) is 11.9. The molecule has 1 amide bonds. The number of aryl methyl sites for hydroxylation is 2. The van der Waals surface area contributed by atoms with Crippen molar-refractivity contribution in [2.24, 2.45) is 0 Å². The van der Waals surface area contributed by atoms with Crippen molar-refractivity contribution in [1.29, 1.82) is 0 Å². The number of nitrogens with one attached hydrogen (secondary N) is 1. The maximum absolute atomic E-state index is 12.1. The van der Waals surface area contributed by atoms with Crippen LogP contribution in [0.3, 0.4) is 0 Å². The number of hydrogen-bond donors (Lipinski definition) is 1. The third-order valence-electron chi connectivity index (χ3n) is 3.45. The second kappa shape index (κ2) is 8.05. The summed E-state index contributed by atoms with van der Waals surface area (Å²) in [4.78, 5) is 34.2. The topological polar surface area (TPSA) is 98.5 Å². The summed E-state index contributed by atoms with van der Waals surface area (Å²) in [6.07, 6.45) is 0. The predicted octanol–water partition coefficient (Wildman–Crippen LogP) is 2.68. The number of carbonyl (C=O) groups is 2. The Morgan fingerprint density at radius 1 is 1.12 bits per heavy atom. The summed E-state index contributed by atoms with van der Waals surface area (Å²) < 4.78 is 4.99. The van der Waals surface area contributed by atoms with Gasteiger partial charge in [-0.3, -0.25) is 19.7 Å². The largest absolute Gasteiger partial charge is 0.459 e. The van der Waals surface area contributed by atoms with Gasteiger partial charge < -0.3 is 10.1 Å². The molecule has 2 rings (SSSR count). The number of nitrogens with zero attached hydrogens (tertiary/aromatic N) is 1. The molecule has 0 fully saturated rings. The lowest BCUT2D eigenvalue weighted by molar-refractivity contribution is -0.385. The van der Waals surface area contributed by atoms with Gasteiger partial charge in [-0.1, -0.05) is 29.3 Å². The van der Waals surface area contributed by atoms with Crippen LogP contribution in [-0.4, -0.2) is 23.3 Å². The van der Waals surface area contributed by atoms with Crippen LogP contribution >= 0.6 is 0 Å². The van der Waals surface area contributed by atoms with Crippen LogP contribution < -0.4 is 5.32 Å². The van der Waals surface area contributed by atoms with Gasteiger partial charge in [0.25, 0.3) is 11.6 Å². The van der Waals surface area contributed by atoms with E-state index in [1.54, 1.807) is 18.2 Å². The molecule has 0 radical (unpaired) electrons. The Morgan fingerprint density at radius 3 is 2.40 bits per heavy atom. The van der Waals surface area contributed by atoms with Gasteiger partial charge in [0.05, 0.1) is 10.5 Å². The molecule has 0 heterocycles. The van der Waals surface area contributed by atoms with Crippen LogP contribution in [0.4, 0.5) is 5.69 Å². The summed E-state index contributed by atoms with van der Waals surface area (Å²) in [7, 11) is 0. The van der Waals surface area contributed by atoms with Crippen molar-refractivity contribution in [3.8, 4) is 0 Å². The summed E-state index contributed by atoms with van der Waals surface area (Å²) in [5.41, 5.74) is 2.54. The molecular formula is C18H18N2O5. The average molecular weight is 342 g/mol. The number of rotatable bonds is 6. The molecule has 0 spiro atoms. The highest BCUT2D eigenvalue weighted by molar-refractivity contribution is 5.96. The number of carbonyl (C=O) groups excluding carboxylic acids is 2. The highest BCUT2D eigenvalue weighted by atomic mass is 16.6. The Bertz CT molecular complexity index is 797. The summed E-state index contributed by atoms with van der Waals surface area (Å²) in [5, 5.41) is 13.4. The molecule has 25 heavy (non-hydrogen) atoms. The minimum Gasteiger partial charge on any atom is -0.459 e. The Labute approximate surface area is 144 Å². The van der Waals surface area contributed by atoms with Crippen LogP contribution in [0.15, 0.2) is 42.5 Å². The van der Waals surface area contributed by atoms with E-state index < -0.39 is 10.9 Å². The molecule has 2 aromatic rings. The third-order valence-corrected chi connectivity index (χ3v) is 3.45. The summed E-state index contributed by atoms with van der Waals surface area (Å²) in [6.45, 7) is 3.22. The zero-order valence-corrected chi connectivity index (χ0v) is 13.9. The predicted molar refractivity (Wildman–Crippen MR) is 91.1 cm³/mol. The van der Waals surface area contributed by atoms with E-state index in [2.05, 4.69) is 5.32 Å². The molecule has 0 bridgehead atoms. The van der Waals surface area contributed by atoms with Gasteiger partial charge in [0, 0.05) is 11.6 Å². The zero-order valence-electron chi connectivity index (χ0n) is 13.9. The Balaban J connectivity index is 1.89. The summed E-state index contributed by atoms with van der Waals surface area (Å²) in [5.74, 6) is -1.05. The van der Waals surface area contributed by atoms with Gasteiger partial charge in [-0.05, 0) is 32.0 Å². The van der Waals surface area contributed by atoms with Crippen molar-refractivity contribution in [1.82, 2.24) is 5.32 Å². The molecule has 1 N–H and O–H groups in total. The highest BCUT2D eigenvalue weighted by Crippen LogP contribution is 2.18. The monoisotopic (exact) mass is 342 g/mol. The molecule has 0 saturated carbocycles. The number of ether oxygens (including phenoxy) is 1. The van der Waals surface area contributed by atoms with E-state index in [0.29, 0.717) is 11.1 Å². The minimum atomic E-state index is -0.670. The number of nitro benzene ring substituents is 1. The van der Waals surface area contributed by atoms with Crippen molar-refractivity contribution in [2.75, 3.05) is 6.54 Å². The normalized spacial score (nSPS) is 10.2. The Morgan fingerprint density at radius 2 is 1.76 bits per heavy atom. The molecule has 7 heteroatoms. The maximum atomic E-state index is 12.1. The molecular weight excluding hydrogens is 324 g/mol. The number of para-hydroxylation sites is 1. The van der Waals surface area contributed by atoms with Crippen molar-refractivity contribution in [3.63, 3.8) is 0 Å². The molecule has 0 atom stereocenters. The van der Waals surface area contributed by atoms with Crippen LogP contribution in [0.2, 0.25) is 0 Å².